The molecule has 0 spiro atoms. The van der Waals surface area contributed by atoms with Crippen molar-refractivity contribution >= 4 is 14.5 Å². The fraction of sp³-hybridized carbons (Fsp3) is 0.250. The molecule has 6 heteroatoms. The Kier molecular flexibility index (Phi) is 3.61. The third kappa shape index (κ3) is 2.66. The molecule has 0 fully saturated rings. The van der Waals surface area contributed by atoms with Crippen LogP contribution in [-0.2, 0) is 12.8 Å². The molecule has 1 N–H and O–H groups in total. The molecule has 0 aliphatic heterocycles. The van der Waals surface area contributed by atoms with Crippen molar-refractivity contribution in [2.45, 2.75) is 19.7 Å². The Morgan fingerprint density at radius 3 is 2.28 bits per heavy atom. The van der Waals surface area contributed by atoms with E-state index < -0.39 is 11.7 Å². The molecule has 0 unspecified atom stereocenters. The predicted octanol–water partition coefficient (Wildman–Crippen LogP) is 2.63. The van der Waals surface area contributed by atoms with Crippen LogP contribution in [0.5, 0.6) is 0 Å². The van der Waals surface area contributed by atoms with Gasteiger partial charge >= 0.3 is 108 Å². The summed E-state index contributed by atoms with van der Waals surface area (Å²) in [6.07, 6.45) is -4.31. The van der Waals surface area contributed by atoms with E-state index >= 15 is 0 Å². The first-order chi connectivity index (χ1) is 8.41. The molecule has 0 atom stereocenters. The summed E-state index contributed by atoms with van der Waals surface area (Å²) in [6.45, 7) is 1.75. The molecule has 1 aromatic heterocycles. The van der Waals surface area contributed by atoms with Gasteiger partial charge in [0.2, 0.25) is 0 Å². The quantitative estimate of drug-likeness (QED) is 0.863. The zero-order chi connectivity index (χ0) is 13.3. The van der Waals surface area contributed by atoms with E-state index in [0.29, 0.717) is 5.56 Å². The molecule has 0 aliphatic carbocycles. The van der Waals surface area contributed by atoms with Crippen LogP contribution in [0.4, 0.5) is 13.2 Å². The maximum absolute atomic E-state index is 12.4. The minimum atomic E-state index is -4.31. The average molecular weight is 320 g/mol. The van der Waals surface area contributed by atoms with Gasteiger partial charge < -0.3 is 0 Å². The van der Waals surface area contributed by atoms with Crippen molar-refractivity contribution in [3.63, 3.8) is 0 Å². The number of halogens is 3. The number of aromatic nitrogens is 1. The Bertz CT molecular complexity index is 545. The number of nitrogens with zero attached hydrogens (tertiary/aromatic N) is 1. The number of hydrogen-bond donors (Lipinski definition) is 1. The fourth-order valence-electron chi connectivity index (χ4n) is 1.50. The van der Waals surface area contributed by atoms with Crippen molar-refractivity contribution in [3.05, 3.63) is 40.0 Å². The van der Waals surface area contributed by atoms with E-state index in [1.165, 1.54) is 12.1 Å². The van der Waals surface area contributed by atoms with Gasteiger partial charge in [0, 0.05) is 0 Å². The van der Waals surface area contributed by atoms with Gasteiger partial charge in [0.15, 0.2) is 0 Å². The first-order valence-electron chi connectivity index (χ1n) is 5.16. The van der Waals surface area contributed by atoms with Crippen LogP contribution in [0.25, 0.3) is 10.1 Å². The summed E-state index contributed by atoms with van der Waals surface area (Å²) in [5, 5.41) is 9.09. The number of alkyl halides is 3. The van der Waals surface area contributed by atoms with Crippen molar-refractivity contribution in [2.75, 3.05) is 0 Å². The molecule has 0 radical (unpaired) electrons. The van der Waals surface area contributed by atoms with Crippen LogP contribution in [0, 0.1) is 6.92 Å². The van der Waals surface area contributed by atoms with Crippen LogP contribution in [0.2, 0.25) is 0 Å². The van der Waals surface area contributed by atoms with E-state index in [-0.39, 0.29) is 21.1 Å². The van der Waals surface area contributed by atoms with E-state index in [1.807, 2.05) is 0 Å². The number of hydrogen-bond acceptors (Lipinski definition) is 2. The number of benzene rings is 1. The first kappa shape index (κ1) is 13.3. The van der Waals surface area contributed by atoms with Crippen molar-refractivity contribution < 1.29 is 18.3 Å². The van der Waals surface area contributed by atoms with Crippen LogP contribution in [0.1, 0.15) is 15.7 Å². The second kappa shape index (κ2) is 4.88. The fourth-order valence-corrected chi connectivity index (χ4v) is 3.45. The van der Waals surface area contributed by atoms with E-state index in [4.69, 9.17) is 5.11 Å². The van der Waals surface area contributed by atoms with Gasteiger partial charge in [-0.05, 0) is 0 Å². The zero-order valence-corrected chi connectivity index (χ0v) is 11.2. The second-order valence-electron chi connectivity index (χ2n) is 3.76. The molecule has 2 aromatic rings. The summed E-state index contributed by atoms with van der Waals surface area (Å²) < 4.78 is 38.9. The van der Waals surface area contributed by atoms with Crippen molar-refractivity contribution in [2.24, 2.45) is 0 Å². The van der Waals surface area contributed by atoms with Crippen LogP contribution in [-0.4, -0.2) is 24.6 Å². The molecule has 0 saturated heterocycles. The van der Waals surface area contributed by atoms with Gasteiger partial charge in [0.25, 0.3) is 0 Å². The molecule has 2 rings (SSSR count). The Balaban J connectivity index is 2.34. The molecule has 2 nitrogen and oxygen atoms in total. The minimum absolute atomic E-state index is 0.0422. The first-order valence-corrected chi connectivity index (χ1v) is 6.88. The molecule has 18 heavy (non-hydrogen) atoms. The van der Waals surface area contributed by atoms with Crippen LogP contribution < -0.4 is 0 Å². The SMILES string of the molecule is Cc1nc(-c2ccc(C(F)(F)F)cc2)[se]c1CO. The molecule has 0 saturated carbocycles. The van der Waals surface area contributed by atoms with Gasteiger partial charge in [-0.2, -0.15) is 0 Å². The second-order valence-corrected chi connectivity index (χ2v) is 6.03. The van der Waals surface area contributed by atoms with Crippen molar-refractivity contribution in [3.8, 4) is 10.1 Å². The molecular formula is C12H10F3NOSe. The van der Waals surface area contributed by atoms with Crippen molar-refractivity contribution in [1.29, 1.82) is 0 Å². The molecule has 96 valence electrons. The summed E-state index contributed by atoms with van der Waals surface area (Å²) in [7, 11) is 0. The Labute approximate surface area is 108 Å². The molecule has 1 heterocycles. The van der Waals surface area contributed by atoms with Gasteiger partial charge in [0.05, 0.1) is 0 Å². The summed E-state index contributed by atoms with van der Waals surface area (Å²) in [6, 6.07) is 4.97. The third-order valence-corrected chi connectivity index (χ3v) is 4.99. The van der Waals surface area contributed by atoms with Gasteiger partial charge in [-0.15, -0.1) is 0 Å². The van der Waals surface area contributed by atoms with E-state index in [2.05, 4.69) is 4.98 Å². The molecular weight excluding hydrogens is 310 g/mol. The van der Waals surface area contributed by atoms with Crippen LogP contribution in [0.15, 0.2) is 24.3 Å². The number of rotatable bonds is 2. The average Bonchev–Trinajstić information content (AvgIpc) is 2.69. The summed E-state index contributed by atoms with van der Waals surface area (Å²) in [5.74, 6) is 0. The van der Waals surface area contributed by atoms with Gasteiger partial charge in [-0.25, -0.2) is 0 Å². The summed E-state index contributed by atoms with van der Waals surface area (Å²) in [5.41, 5.74) is 0.794. The Morgan fingerprint density at radius 1 is 1.22 bits per heavy atom. The van der Waals surface area contributed by atoms with Crippen molar-refractivity contribution in [1.82, 2.24) is 4.98 Å². The van der Waals surface area contributed by atoms with Crippen LogP contribution in [0.3, 0.4) is 0 Å². The third-order valence-electron chi connectivity index (χ3n) is 2.50. The number of aryl methyl sites for hydroxylation is 1. The van der Waals surface area contributed by atoms with Gasteiger partial charge in [-0.1, -0.05) is 0 Å². The molecule has 0 aliphatic rings. The number of aliphatic hydroxyl groups excluding tert-OH is 1. The van der Waals surface area contributed by atoms with Gasteiger partial charge in [0.1, 0.15) is 0 Å². The number of aliphatic hydroxyl groups is 1. The van der Waals surface area contributed by atoms with Crippen LogP contribution >= 0.6 is 0 Å². The van der Waals surface area contributed by atoms with E-state index in [9.17, 15) is 13.2 Å². The monoisotopic (exact) mass is 321 g/mol. The Morgan fingerprint density at radius 2 is 1.83 bits per heavy atom. The molecule has 0 bridgehead atoms. The molecule has 0 amide bonds. The maximum atomic E-state index is 12.4. The standard InChI is InChI=1S/C12H10F3NOSe/c1-7-10(6-17)18-11(16-7)8-2-4-9(5-3-8)12(13,14)15/h2-5,17H,6H2,1H3. The van der Waals surface area contributed by atoms with Gasteiger partial charge in [-0.3, -0.25) is 0 Å². The Hall–Kier alpha value is -1.10. The summed E-state index contributed by atoms with van der Waals surface area (Å²) in [4.78, 5) is 4.29. The predicted molar refractivity (Wildman–Crippen MR) is 62.3 cm³/mol. The zero-order valence-electron chi connectivity index (χ0n) is 9.45. The molecule has 1 aromatic carbocycles. The van der Waals surface area contributed by atoms with E-state index in [0.717, 1.165) is 26.8 Å². The topological polar surface area (TPSA) is 33.1 Å². The summed E-state index contributed by atoms with van der Waals surface area (Å²) >= 11 is -0.0986. The normalized spacial score (nSPS) is 11.8. The van der Waals surface area contributed by atoms with E-state index in [1.54, 1.807) is 6.92 Å².